The highest BCUT2D eigenvalue weighted by Gasteiger charge is 2.21. The van der Waals surface area contributed by atoms with Gasteiger partial charge in [-0.3, -0.25) is 0 Å². The summed E-state index contributed by atoms with van der Waals surface area (Å²) in [6, 6.07) is 31.6. The second kappa shape index (κ2) is 9.60. The summed E-state index contributed by atoms with van der Waals surface area (Å²) in [6.07, 6.45) is 0. The summed E-state index contributed by atoms with van der Waals surface area (Å²) in [4.78, 5) is 0. The maximum Gasteiger partial charge on any atom is 0.673 e. The van der Waals surface area contributed by atoms with E-state index in [4.69, 9.17) is 4.42 Å². The zero-order valence-electron chi connectivity index (χ0n) is 17.2. The van der Waals surface area contributed by atoms with Gasteiger partial charge >= 0.3 is 18.8 Å². The van der Waals surface area contributed by atoms with Crippen molar-refractivity contribution in [3.05, 3.63) is 102 Å². The number of benzene rings is 3. The Hall–Kier alpha value is -3.41. The largest absolute Gasteiger partial charge is 0.673 e. The molecule has 1 heterocycles. The monoisotopic (exact) mass is 424 g/mol. The van der Waals surface area contributed by atoms with Crippen molar-refractivity contribution in [2.45, 2.75) is 13.8 Å². The molecule has 4 rings (SSSR count). The lowest BCUT2D eigenvalue weighted by Gasteiger charge is -2.03. The van der Waals surface area contributed by atoms with E-state index in [0.717, 1.165) is 28.2 Å². The van der Waals surface area contributed by atoms with Crippen molar-refractivity contribution >= 4 is 7.25 Å². The third-order valence-electron chi connectivity index (χ3n) is 4.57. The highest BCUT2D eigenvalue weighted by molar-refractivity contribution is 6.50. The Balaban J connectivity index is 0.000000491. The first-order valence-corrected chi connectivity index (χ1v) is 9.74. The van der Waals surface area contributed by atoms with Gasteiger partial charge in [0.15, 0.2) is 0 Å². The summed E-state index contributed by atoms with van der Waals surface area (Å²) in [5.74, 6) is 1.75. The molecule has 0 fully saturated rings. The fourth-order valence-electron chi connectivity index (χ4n) is 3.02. The van der Waals surface area contributed by atoms with E-state index in [1.54, 1.807) is 0 Å². The van der Waals surface area contributed by atoms with Crippen molar-refractivity contribution in [3.8, 4) is 33.8 Å². The molecule has 0 saturated heterocycles. The van der Waals surface area contributed by atoms with E-state index >= 15 is 0 Å². The van der Waals surface area contributed by atoms with Gasteiger partial charge in [-0.1, -0.05) is 65.7 Å². The van der Waals surface area contributed by atoms with Crippen LogP contribution in [0.1, 0.15) is 11.1 Å². The van der Waals surface area contributed by atoms with Crippen LogP contribution in [0.25, 0.3) is 33.8 Å². The van der Waals surface area contributed by atoms with Crippen LogP contribution >= 0.6 is 0 Å². The summed E-state index contributed by atoms with van der Waals surface area (Å²) in [6.45, 7) is 4.20. The van der Waals surface area contributed by atoms with Gasteiger partial charge in [0, 0.05) is 5.56 Å². The van der Waals surface area contributed by atoms with Crippen LogP contribution in [0, 0.1) is 13.8 Å². The van der Waals surface area contributed by atoms with Crippen molar-refractivity contribution in [1.29, 1.82) is 0 Å². The molecule has 0 saturated carbocycles. The lowest BCUT2D eigenvalue weighted by atomic mass is 10.0. The molecule has 0 N–H and O–H groups in total. The molecule has 4 aromatic rings. The summed E-state index contributed by atoms with van der Waals surface area (Å²) in [5.41, 5.74) is 7.02. The van der Waals surface area contributed by atoms with E-state index in [1.807, 2.05) is 18.2 Å². The van der Waals surface area contributed by atoms with Crippen molar-refractivity contribution in [3.63, 3.8) is 0 Å². The molecule has 0 spiro atoms. The molecular formula is C25H21BF4O. The molecule has 158 valence electrons. The average Bonchev–Trinajstić information content (AvgIpc) is 2.74. The van der Waals surface area contributed by atoms with Gasteiger partial charge in [0.2, 0.25) is 0 Å². The molecule has 0 aliphatic heterocycles. The van der Waals surface area contributed by atoms with E-state index < -0.39 is 7.25 Å². The van der Waals surface area contributed by atoms with Gasteiger partial charge in [0.25, 0.3) is 0 Å². The molecule has 1 aromatic heterocycles. The second-order valence-corrected chi connectivity index (χ2v) is 7.17. The summed E-state index contributed by atoms with van der Waals surface area (Å²) < 4.78 is 45.3. The number of halogens is 4. The third-order valence-corrected chi connectivity index (χ3v) is 4.57. The lowest BCUT2D eigenvalue weighted by Crippen LogP contribution is -2.02. The molecule has 0 amide bonds. The zero-order chi connectivity index (χ0) is 22.4. The molecule has 0 atom stereocenters. The first kappa shape index (κ1) is 22.3. The fourth-order valence-corrected chi connectivity index (χ4v) is 3.02. The molecular weight excluding hydrogens is 403 g/mol. The van der Waals surface area contributed by atoms with Crippen LogP contribution < -0.4 is 0 Å². The molecule has 0 aliphatic carbocycles. The predicted octanol–water partition coefficient (Wildman–Crippen LogP) is 8.48. The van der Waals surface area contributed by atoms with Crippen LogP contribution in [0.2, 0.25) is 0 Å². The highest BCUT2D eigenvalue weighted by Crippen LogP contribution is 2.33. The van der Waals surface area contributed by atoms with Gasteiger partial charge in [0.05, 0.1) is 23.3 Å². The number of hydrogen-bond donors (Lipinski definition) is 0. The molecule has 1 nitrogen and oxygen atoms in total. The van der Waals surface area contributed by atoms with Gasteiger partial charge in [-0.05, 0) is 43.7 Å². The Morgan fingerprint density at radius 3 is 1.35 bits per heavy atom. The minimum absolute atomic E-state index is 0.874. The topological polar surface area (TPSA) is 11.3 Å². The van der Waals surface area contributed by atoms with Crippen LogP contribution in [-0.4, -0.2) is 7.25 Å². The van der Waals surface area contributed by atoms with Crippen molar-refractivity contribution in [2.24, 2.45) is 0 Å². The number of rotatable bonds is 3. The zero-order valence-corrected chi connectivity index (χ0v) is 17.2. The first-order chi connectivity index (χ1) is 14.7. The number of hydrogen-bond acceptors (Lipinski definition) is 0. The predicted molar refractivity (Wildman–Crippen MR) is 119 cm³/mol. The van der Waals surface area contributed by atoms with Gasteiger partial charge in [-0.15, -0.1) is 0 Å². The Kier molecular flexibility index (Phi) is 6.90. The highest BCUT2D eigenvalue weighted by atomic mass is 19.5. The Morgan fingerprint density at radius 1 is 0.516 bits per heavy atom. The van der Waals surface area contributed by atoms with E-state index in [9.17, 15) is 17.3 Å². The molecule has 3 aromatic carbocycles. The van der Waals surface area contributed by atoms with Crippen molar-refractivity contribution < 1.29 is 21.7 Å². The first-order valence-electron chi connectivity index (χ1n) is 9.74. The smallest absolute Gasteiger partial charge is 0.418 e. The van der Waals surface area contributed by atoms with Crippen molar-refractivity contribution in [1.82, 2.24) is 0 Å². The third kappa shape index (κ3) is 6.81. The van der Waals surface area contributed by atoms with Crippen LogP contribution in [0.5, 0.6) is 0 Å². The van der Waals surface area contributed by atoms with E-state index in [2.05, 4.69) is 86.6 Å². The molecule has 0 radical (unpaired) electrons. The molecule has 0 aliphatic rings. The van der Waals surface area contributed by atoms with Crippen LogP contribution in [0.15, 0.2) is 95.4 Å². The normalized spacial score (nSPS) is 10.9. The fraction of sp³-hybridized carbons (Fsp3) is 0.0800. The quantitative estimate of drug-likeness (QED) is 0.182. The van der Waals surface area contributed by atoms with Crippen LogP contribution in [0.3, 0.4) is 0 Å². The lowest BCUT2D eigenvalue weighted by molar-refractivity contribution is 0.368. The van der Waals surface area contributed by atoms with Crippen LogP contribution in [-0.2, 0) is 0 Å². The molecule has 0 bridgehead atoms. The molecule has 31 heavy (non-hydrogen) atoms. The van der Waals surface area contributed by atoms with Gasteiger partial charge in [-0.2, -0.15) is 0 Å². The Labute approximate surface area is 179 Å². The van der Waals surface area contributed by atoms with Gasteiger partial charge in [0.1, 0.15) is 0 Å². The van der Waals surface area contributed by atoms with Crippen molar-refractivity contribution in [2.75, 3.05) is 0 Å². The Morgan fingerprint density at radius 2 is 0.903 bits per heavy atom. The maximum absolute atomic E-state index is 9.75. The minimum Gasteiger partial charge on any atom is -0.418 e. The van der Waals surface area contributed by atoms with Crippen LogP contribution in [0.4, 0.5) is 17.3 Å². The Bertz CT molecular complexity index is 1050. The standard InChI is InChI=1S/C25H21O.BF4/c1-18-8-12-20(13-9-18)23-16-24(21-6-4-3-5-7-21)26-25(17-23)22-14-10-19(2)11-15-22;2-1(3,4)5/h3-17H,1-2H3;/q+1;-1. The molecule has 6 heteroatoms. The van der Waals surface area contributed by atoms with Gasteiger partial charge < -0.3 is 17.3 Å². The van der Waals surface area contributed by atoms with E-state index in [-0.39, 0.29) is 0 Å². The summed E-state index contributed by atoms with van der Waals surface area (Å²) in [7, 11) is -6.00. The summed E-state index contributed by atoms with van der Waals surface area (Å²) >= 11 is 0. The van der Waals surface area contributed by atoms with Gasteiger partial charge in [-0.25, -0.2) is 4.42 Å². The second-order valence-electron chi connectivity index (χ2n) is 7.17. The van der Waals surface area contributed by atoms with E-state index in [0.29, 0.717) is 0 Å². The van der Waals surface area contributed by atoms with E-state index in [1.165, 1.54) is 16.7 Å². The average molecular weight is 424 g/mol. The maximum atomic E-state index is 9.75. The minimum atomic E-state index is -6.00. The molecule has 0 unspecified atom stereocenters. The summed E-state index contributed by atoms with van der Waals surface area (Å²) in [5, 5.41) is 0. The number of aryl methyl sites for hydroxylation is 2. The SMILES string of the molecule is Cc1ccc(-c2cc(-c3ccccc3)[o+]c(-c3ccc(C)cc3)c2)cc1.F[B-](F)(F)F.